The lowest BCUT2D eigenvalue weighted by atomic mass is 10.1. The van der Waals surface area contributed by atoms with E-state index in [1.54, 1.807) is 18.3 Å². The number of nitrogens with zero attached hydrogens (tertiary/aromatic N) is 3. The molecule has 4 rings (SSSR count). The minimum absolute atomic E-state index is 0.0593. The van der Waals surface area contributed by atoms with Gasteiger partial charge in [0.1, 0.15) is 17.2 Å². The van der Waals surface area contributed by atoms with Crippen LogP contribution in [0.5, 0.6) is 5.88 Å². The molecule has 0 aliphatic rings. The Bertz CT molecular complexity index is 1400. The van der Waals surface area contributed by atoms with E-state index in [9.17, 15) is 17.6 Å². The molecule has 0 unspecified atom stereocenters. The SMILES string of the molecule is COc1ncc(-c2ccc3nccc(=O)n3c2)cc1NS(=O)(=O)c1ccc(F)cc1. The maximum atomic E-state index is 13.1. The standard InChI is InChI=1S/C20H15FN4O4S/c1-29-20-17(24-30(27,28)16-5-3-15(21)4-6-16)10-14(11-23-20)13-2-7-18-22-9-8-19(26)25(18)12-13/h2-12,24H,1H3. The third-order valence-corrected chi connectivity index (χ3v) is 5.72. The van der Waals surface area contributed by atoms with E-state index in [1.807, 2.05) is 0 Å². The maximum Gasteiger partial charge on any atom is 0.262 e. The molecule has 0 fully saturated rings. The van der Waals surface area contributed by atoms with E-state index < -0.39 is 15.8 Å². The van der Waals surface area contributed by atoms with Gasteiger partial charge in [0.05, 0.1) is 12.0 Å². The number of nitrogens with one attached hydrogen (secondary N) is 1. The second kappa shape index (κ2) is 7.56. The summed E-state index contributed by atoms with van der Waals surface area (Å²) in [5.74, 6) is -0.486. The lowest BCUT2D eigenvalue weighted by Gasteiger charge is -2.13. The van der Waals surface area contributed by atoms with Crippen molar-refractivity contribution in [2.75, 3.05) is 11.8 Å². The van der Waals surface area contributed by atoms with E-state index in [2.05, 4.69) is 14.7 Å². The summed E-state index contributed by atoms with van der Waals surface area (Å²) in [6.07, 6.45) is 4.51. The van der Waals surface area contributed by atoms with Gasteiger partial charge >= 0.3 is 0 Å². The Morgan fingerprint density at radius 1 is 1.03 bits per heavy atom. The van der Waals surface area contributed by atoms with Crippen LogP contribution in [0.3, 0.4) is 0 Å². The van der Waals surface area contributed by atoms with Gasteiger partial charge in [0.25, 0.3) is 15.6 Å². The van der Waals surface area contributed by atoms with Crippen LogP contribution in [0.1, 0.15) is 0 Å². The number of aromatic nitrogens is 3. The first-order valence-electron chi connectivity index (χ1n) is 8.67. The van der Waals surface area contributed by atoms with Crippen molar-refractivity contribution in [1.82, 2.24) is 14.4 Å². The summed E-state index contributed by atoms with van der Waals surface area (Å²) in [4.78, 5) is 20.2. The van der Waals surface area contributed by atoms with Gasteiger partial charge in [-0.1, -0.05) is 0 Å². The molecule has 0 amide bonds. The summed E-state index contributed by atoms with van der Waals surface area (Å²) in [5.41, 5.74) is 1.49. The summed E-state index contributed by atoms with van der Waals surface area (Å²) in [7, 11) is -2.64. The van der Waals surface area contributed by atoms with Crippen LogP contribution in [0.25, 0.3) is 16.8 Å². The van der Waals surface area contributed by atoms with Crippen LogP contribution >= 0.6 is 0 Å². The summed E-state index contributed by atoms with van der Waals surface area (Å²) in [6.45, 7) is 0. The van der Waals surface area contributed by atoms with Crippen LogP contribution in [0, 0.1) is 5.82 Å². The molecular formula is C20H15FN4O4S. The van der Waals surface area contributed by atoms with E-state index >= 15 is 0 Å². The molecule has 3 heterocycles. The number of pyridine rings is 2. The molecule has 0 bridgehead atoms. The fourth-order valence-electron chi connectivity index (χ4n) is 2.87. The fourth-order valence-corrected chi connectivity index (χ4v) is 3.91. The normalized spacial score (nSPS) is 11.4. The Morgan fingerprint density at radius 3 is 2.53 bits per heavy atom. The van der Waals surface area contributed by atoms with Gasteiger partial charge in [-0.2, -0.15) is 0 Å². The van der Waals surface area contributed by atoms with Crippen molar-refractivity contribution < 1.29 is 17.5 Å². The molecule has 0 saturated heterocycles. The molecular weight excluding hydrogens is 411 g/mol. The summed E-state index contributed by atoms with van der Waals surface area (Å²) >= 11 is 0. The van der Waals surface area contributed by atoms with Crippen LogP contribution in [-0.2, 0) is 10.0 Å². The lowest BCUT2D eigenvalue weighted by molar-refractivity contribution is 0.400. The zero-order valence-corrected chi connectivity index (χ0v) is 16.4. The minimum atomic E-state index is -4.00. The van der Waals surface area contributed by atoms with Crippen molar-refractivity contribution >= 4 is 21.4 Å². The first-order valence-corrected chi connectivity index (χ1v) is 10.2. The zero-order chi connectivity index (χ0) is 21.3. The van der Waals surface area contributed by atoms with Crippen molar-refractivity contribution in [2.24, 2.45) is 0 Å². The minimum Gasteiger partial charge on any atom is -0.480 e. The number of rotatable bonds is 5. The van der Waals surface area contributed by atoms with E-state index in [0.717, 1.165) is 24.3 Å². The largest absolute Gasteiger partial charge is 0.480 e. The highest BCUT2D eigenvalue weighted by Crippen LogP contribution is 2.30. The number of halogens is 1. The van der Waals surface area contributed by atoms with E-state index in [-0.39, 0.29) is 22.0 Å². The highest BCUT2D eigenvalue weighted by Gasteiger charge is 2.18. The Balaban J connectivity index is 1.76. The van der Waals surface area contributed by atoms with Gasteiger partial charge < -0.3 is 4.74 Å². The Hall–Kier alpha value is -3.79. The molecule has 1 N–H and O–H groups in total. The number of methoxy groups -OCH3 is 1. The molecule has 1 aromatic carbocycles. The Kier molecular flexibility index (Phi) is 4.92. The van der Waals surface area contributed by atoms with Crippen LogP contribution in [-0.4, -0.2) is 29.9 Å². The molecule has 0 aliphatic carbocycles. The molecule has 3 aromatic heterocycles. The second-order valence-electron chi connectivity index (χ2n) is 6.27. The molecule has 0 saturated carbocycles. The summed E-state index contributed by atoms with van der Waals surface area (Å²) in [6, 6.07) is 10.7. The molecule has 0 aliphatic heterocycles. The molecule has 152 valence electrons. The Labute approximate surface area is 170 Å². The van der Waals surface area contributed by atoms with Gasteiger partial charge in [-0.3, -0.25) is 13.9 Å². The van der Waals surface area contributed by atoms with Crippen molar-refractivity contribution in [3.63, 3.8) is 0 Å². The molecule has 0 atom stereocenters. The predicted octanol–water partition coefficient (Wildman–Crippen LogP) is 2.71. The van der Waals surface area contributed by atoms with Crippen LogP contribution in [0.2, 0.25) is 0 Å². The molecule has 8 nitrogen and oxygen atoms in total. The zero-order valence-electron chi connectivity index (χ0n) is 15.6. The van der Waals surface area contributed by atoms with E-state index in [1.165, 1.54) is 36.0 Å². The number of fused-ring (bicyclic) bond motifs is 1. The number of benzene rings is 1. The number of sulfonamides is 1. The van der Waals surface area contributed by atoms with Gasteiger partial charge in [-0.15, -0.1) is 0 Å². The average Bonchev–Trinajstić information content (AvgIpc) is 2.74. The average molecular weight is 426 g/mol. The van der Waals surface area contributed by atoms with Gasteiger partial charge in [0, 0.05) is 35.8 Å². The van der Waals surface area contributed by atoms with Gasteiger partial charge in [0.15, 0.2) is 0 Å². The van der Waals surface area contributed by atoms with Crippen molar-refractivity contribution in [2.45, 2.75) is 4.90 Å². The van der Waals surface area contributed by atoms with Gasteiger partial charge in [0.2, 0.25) is 5.88 Å². The van der Waals surface area contributed by atoms with Crippen molar-refractivity contribution in [1.29, 1.82) is 0 Å². The van der Waals surface area contributed by atoms with Gasteiger partial charge in [-0.05, 0) is 42.5 Å². The molecule has 0 spiro atoms. The lowest BCUT2D eigenvalue weighted by Crippen LogP contribution is -2.14. The highest BCUT2D eigenvalue weighted by molar-refractivity contribution is 7.92. The number of ether oxygens (including phenoxy) is 1. The van der Waals surface area contributed by atoms with Crippen molar-refractivity contribution in [3.8, 4) is 17.0 Å². The maximum absolute atomic E-state index is 13.1. The number of anilines is 1. The first kappa shape index (κ1) is 19.5. The number of hydrogen-bond donors (Lipinski definition) is 1. The van der Waals surface area contributed by atoms with E-state index in [4.69, 9.17) is 4.74 Å². The fraction of sp³-hybridized carbons (Fsp3) is 0.0500. The van der Waals surface area contributed by atoms with Gasteiger partial charge in [-0.25, -0.2) is 22.8 Å². The summed E-state index contributed by atoms with van der Waals surface area (Å²) in [5, 5.41) is 0. The third-order valence-electron chi connectivity index (χ3n) is 4.33. The van der Waals surface area contributed by atoms with Crippen LogP contribution < -0.4 is 15.0 Å². The smallest absolute Gasteiger partial charge is 0.262 e. The van der Waals surface area contributed by atoms with E-state index in [0.29, 0.717) is 16.8 Å². The topological polar surface area (TPSA) is 103 Å². The molecule has 10 heteroatoms. The first-order chi connectivity index (χ1) is 14.4. The monoisotopic (exact) mass is 426 g/mol. The molecule has 4 aromatic rings. The highest BCUT2D eigenvalue weighted by atomic mass is 32.2. The molecule has 30 heavy (non-hydrogen) atoms. The quantitative estimate of drug-likeness (QED) is 0.526. The molecule has 0 radical (unpaired) electrons. The van der Waals surface area contributed by atoms with Crippen LogP contribution in [0.4, 0.5) is 10.1 Å². The predicted molar refractivity (Wildman–Crippen MR) is 108 cm³/mol. The second-order valence-corrected chi connectivity index (χ2v) is 7.95. The third kappa shape index (κ3) is 3.72. The van der Waals surface area contributed by atoms with Crippen LogP contribution in [0.15, 0.2) is 76.8 Å². The number of hydrogen-bond acceptors (Lipinski definition) is 6. The van der Waals surface area contributed by atoms with Crippen molar-refractivity contribution in [3.05, 3.63) is 83.3 Å². The summed E-state index contributed by atoms with van der Waals surface area (Å²) < 4.78 is 47.4. The Morgan fingerprint density at radius 2 is 1.80 bits per heavy atom.